The number of carbonyl (C=O) groups is 2. The van der Waals surface area contributed by atoms with Crippen LogP contribution >= 0.6 is 15.9 Å². The van der Waals surface area contributed by atoms with Crippen LogP contribution in [0.5, 0.6) is 0 Å². The summed E-state index contributed by atoms with van der Waals surface area (Å²) in [5.74, 6) is -2.09. The summed E-state index contributed by atoms with van der Waals surface area (Å²) in [5, 5.41) is 1.96. The quantitative estimate of drug-likeness (QED) is 0.859. The Bertz CT molecular complexity index is 569. The molecule has 0 aliphatic carbocycles. The summed E-state index contributed by atoms with van der Waals surface area (Å²) in [6.45, 7) is 0.627. The Kier molecular flexibility index (Phi) is 5.10. The zero-order chi connectivity index (χ0) is 16.3. The number of nitrogens with one attached hydrogen (secondary N) is 1. The van der Waals surface area contributed by atoms with Crippen LogP contribution < -0.4 is 5.32 Å². The minimum Gasteiger partial charge on any atom is -0.345 e. The van der Waals surface area contributed by atoms with Crippen LogP contribution in [0, 0.1) is 0 Å². The average Bonchev–Trinajstić information content (AvgIpc) is 2.46. The summed E-state index contributed by atoms with van der Waals surface area (Å²) in [4.78, 5) is 24.7. The van der Waals surface area contributed by atoms with Crippen molar-refractivity contribution in [1.82, 2.24) is 10.2 Å². The van der Waals surface area contributed by atoms with Crippen LogP contribution in [0.4, 0.5) is 13.2 Å². The van der Waals surface area contributed by atoms with E-state index in [1.807, 2.05) is 5.32 Å². The average molecular weight is 379 g/mol. The summed E-state index contributed by atoms with van der Waals surface area (Å²) in [7, 11) is 0. The molecule has 1 saturated heterocycles. The summed E-state index contributed by atoms with van der Waals surface area (Å²) in [6, 6.07) is 6.37. The first-order chi connectivity index (χ1) is 10.3. The zero-order valence-electron chi connectivity index (χ0n) is 11.5. The van der Waals surface area contributed by atoms with Crippen LogP contribution in [-0.4, -0.2) is 42.0 Å². The van der Waals surface area contributed by atoms with Crippen LogP contribution in [0.3, 0.4) is 0 Å². The number of halogens is 4. The predicted molar refractivity (Wildman–Crippen MR) is 77.3 cm³/mol. The normalized spacial score (nSPS) is 16.5. The lowest BCUT2D eigenvalue weighted by Gasteiger charge is -2.32. The van der Waals surface area contributed by atoms with E-state index in [0.29, 0.717) is 31.5 Å². The number of hydrogen-bond acceptors (Lipinski definition) is 2. The molecule has 0 bridgehead atoms. The minimum atomic E-state index is -4.87. The van der Waals surface area contributed by atoms with Gasteiger partial charge in [-0.3, -0.25) is 9.59 Å². The SMILES string of the molecule is O=C(c1cccc(Br)c1)N1CCC(NC(=O)C(F)(F)F)CC1. The molecular weight excluding hydrogens is 365 g/mol. The molecule has 1 fully saturated rings. The topological polar surface area (TPSA) is 49.4 Å². The van der Waals surface area contributed by atoms with Gasteiger partial charge in [-0.2, -0.15) is 13.2 Å². The third-order valence-electron chi connectivity index (χ3n) is 3.45. The van der Waals surface area contributed by atoms with Gasteiger partial charge in [0.05, 0.1) is 0 Å². The van der Waals surface area contributed by atoms with Gasteiger partial charge in [0.15, 0.2) is 0 Å². The fraction of sp³-hybridized carbons (Fsp3) is 0.429. The van der Waals surface area contributed by atoms with Crippen LogP contribution in [0.25, 0.3) is 0 Å². The highest BCUT2D eigenvalue weighted by Crippen LogP contribution is 2.19. The molecule has 0 radical (unpaired) electrons. The van der Waals surface area contributed by atoms with E-state index < -0.39 is 18.1 Å². The largest absolute Gasteiger partial charge is 0.471 e. The molecule has 1 N–H and O–H groups in total. The standard InChI is InChI=1S/C14H14BrF3N2O2/c15-10-3-1-2-9(8-10)12(21)20-6-4-11(5-7-20)19-13(22)14(16,17)18/h1-3,8,11H,4-7H2,(H,19,22). The van der Waals surface area contributed by atoms with Crippen molar-refractivity contribution in [2.75, 3.05) is 13.1 Å². The van der Waals surface area contributed by atoms with Gasteiger partial charge >= 0.3 is 12.1 Å². The molecule has 2 amide bonds. The Morgan fingerprint density at radius 2 is 1.86 bits per heavy atom. The molecule has 0 saturated carbocycles. The smallest absolute Gasteiger partial charge is 0.345 e. The van der Waals surface area contributed by atoms with Gasteiger partial charge in [0, 0.05) is 29.2 Å². The molecule has 8 heteroatoms. The number of hydrogen-bond donors (Lipinski definition) is 1. The second kappa shape index (κ2) is 6.68. The first-order valence-corrected chi connectivity index (χ1v) is 7.49. The number of rotatable bonds is 2. The maximum absolute atomic E-state index is 12.3. The van der Waals surface area contributed by atoms with E-state index in [9.17, 15) is 22.8 Å². The van der Waals surface area contributed by atoms with E-state index >= 15 is 0 Å². The maximum atomic E-state index is 12.3. The van der Waals surface area contributed by atoms with E-state index in [0.717, 1.165) is 4.47 Å². The summed E-state index contributed by atoms with van der Waals surface area (Å²) in [6.07, 6.45) is -4.26. The maximum Gasteiger partial charge on any atom is 0.471 e. The second-order valence-electron chi connectivity index (χ2n) is 5.05. The molecule has 4 nitrogen and oxygen atoms in total. The molecule has 1 aromatic carbocycles. The van der Waals surface area contributed by atoms with Crippen molar-refractivity contribution in [3.05, 3.63) is 34.3 Å². The Balaban J connectivity index is 1.89. The number of nitrogens with zero attached hydrogens (tertiary/aromatic N) is 1. The van der Waals surface area contributed by atoms with Crippen LogP contribution in [0.2, 0.25) is 0 Å². The van der Waals surface area contributed by atoms with Gasteiger partial charge < -0.3 is 10.2 Å². The molecule has 0 aromatic heterocycles. The number of alkyl halides is 3. The van der Waals surface area contributed by atoms with Crippen molar-refractivity contribution in [2.24, 2.45) is 0 Å². The van der Waals surface area contributed by atoms with Crippen LogP contribution in [0.15, 0.2) is 28.7 Å². The number of carbonyl (C=O) groups excluding carboxylic acids is 2. The molecule has 1 aliphatic rings. The highest BCUT2D eigenvalue weighted by atomic mass is 79.9. The van der Waals surface area contributed by atoms with E-state index in [1.54, 1.807) is 29.2 Å². The van der Waals surface area contributed by atoms with Crippen molar-refractivity contribution >= 4 is 27.7 Å². The molecule has 22 heavy (non-hydrogen) atoms. The van der Waals surface area contributed by atoms with Crippen molar-refractivity contribution in [3.8, 4) is 0 Å². The fourth-order valence-electron chi connectivity index (χ4n) is 2.30. The van der Waals surface area contributed by atoms with Crippen molar-refractivity contribution < 1.29 is 22.8 Å². The minimum absolute atomic E-state index is 0.165. The first kappa shape index (κ1) is 16.8. The van der Waals surface area contributed by atoms with Crippen molar-refractivity contribution in [2.45, 2.75) is 25.1 Å². The molecule has 1 aromatic rings. The first-order valence-electron chi connectivity index (χ1n) is 6.70. The Morgan fingerprint density at radius 3 is 2.41 bits per heavy atom. The van der Waals surface area contributed by atoms with Gasteiger partial charge in [-0.1, -0.05) is 22.0 Å². The van der Waals surface area contributed by atoms with Gasteiger partial charge in [-0.15, -0.1) is 0 Å². The lowest BCUT2D eigenvalue weighted by Crippen LogP contribution is -2.49. The Morgan fingerprint density at radius 1 is 1.23 bits per heavy atom. The summed E-state index contributed by atoms with van der Waals surface area (Å²) < 4.78 is 37.3. The molecule has 2 rings (SSSR count). The molecule has 0 unspecified atom stereocenters. The predicted octanol–water partition coefficient (Wildman–Crippen LogP) is 2.73. The van der Waals surface area contributed by atoms with E-state index in [4.69, 9.17) is 0 Å². The van der Waals surface area contributed by atoms with Crippen LogP contribution in [-0.2, 0) is 4.79 Å². The van der Waals surface area contributed by atoms with Crippen molar-refractivity contribution in [1.29, 1.82) is 0 Å². The third kappa shape index (κ3) is 4.22. The number of likely N-dealkylation sites (tertiary alicyclic amines) is 1. The monoisotopic (exact) mass is 378 g/mol. The summed E-state index contributed by atoms with van der Waals surface area (Å²) >= 11 is 3.28. The molecule has 120 valence electrons. The summed E-state index contributed by atoms with van der Waals surface area (Å²) in [5.41, 5.74) is 0.521. The van der Waals surface area contributed by atoms with Gasteiger partial charge in [-0.05, 0) is 31.0 Å². The molecule has 0 spiro atoms. The third-order valence-corrected chi connectivity index (χ3v) is 3.94. The van der Waals surface area contributed by atoms with E-state index in [-0.39, 0.29) is 5.91 Å². The number of piperidine rings is 1. The molecule has 1 aliphatic heterocycles. The van der Waals surface area contributed by atoms with E-state index in [2.05, 4.69) is 15.9 Å². The fourth-order valence-corrected chi connectivity index (χ4v) is 2.70. The van der Waals surface area contributed by atoms with Gasteiger partial charge in [0.25, 0.3) is 5.91 Å². The molecule has 1 heterocycles. The van der Waals surface area contributed by atoms with Gasteiger partial charge in [0.2, 0.25) is 0 Å². The highest BCUT2D eigenvalue weighted by Gasteiger charge is 2.40. The Hall–Kier alpha value is -1.57. The zero-order valence-corrected chi connectivity index (χ0v) is 13.1. The molecule has 0 atom stereocenters. The lowest BCUT2D eigenvalue weighted by atomic mass is 10.0. The molecular formula is C14H14BrF3N2O2. The van der Waals surface area contributed by atoms with Crippen molar-refractivity contribution in [3.63, 3.8) is 0 Å². The Labute approximate surface area is 133 Å². The van der Waals surface area contributed by atoms with Crippen LogP contribution in [0.1, 0.15) is 23.2 Å². The highest BCUT2D eigenvalue weighted by molar-refractivity contribution is 9.10. The number of benzene rings is 1. The van der Waals surface area contributed by atoms with Gasteiger partial charge in [-0.25, -0.2) is 0 Å². The van der Waals surface area contributed by atoms with E-state index in [1.165, 1.54) is 0 Å². The second-order valence-corrected chi connectivity index (χ2v) is 5.96. The van der Waals surface area contributed by atoms with Gasteiger partial charge in [0.1, 0.15) is 0 Å². The lowest BCUT2D eigenvalue weighted by molar-refractivity contribution is -0.174. The number of amides is 2.